The number of hydrogen-bond acceptors (Lipinski definition) is 5. The van der Waals surface area contributed by atoms with E-state index in [1.807, 2.05) is 25.3 Å². The molecule has 3 rings (SSSR count). The van der Waals surface area contributed by atoms with Crippen molar-refractivity contribution in [1.82, 2.24) is 10.3 Å². The molecule has 1 aliphatic heterocycles. The van der Waals surface area contributed by atoms with Gasteiger partial charge in [0, 0.05) is 32.4 Å². The number of nitrogens with zero attached hydrogens (tertiary/aromatic N) is 2. The molecule has 0 saturated carbocycles. The first kappa shape index (κ1) is 17.7. The van der Waals surface area contributed by atoms with Crippen molar-refractivity contribution in [3.8, 4) is 5.75 Å². The molecule has 0 radical (unpaired) electrons. The maximum atomic E-state index is 5.58. The molecule has 25 heavy (non-hydrogen) atoms. The number of morpholine rings is 1. The van der Waals surface area contributed by atoms with Crippen LogP contribution in [-0.4, -0.2) is 37.4 Å². The average molecular weight is 341 g/mol. The Kier molecular flexibility index (Phi) is 6.25. The molecule has 134 valence electrons. The number of aromatic nitrogens is 1. The molecule has 5 nitrogen and oxygen atoms in total. The highest BCUT2D eigenvalue weighted by molar-refractivity contribution is 5.40. The van der Waals surface area contributed by atoms with E-state index in [4.69, 9.17) is 9.47 Å². The molecule has 2 aromatic rings. The number of rotatable bonds is 7. The molecule has 5 heteroatoms. The van der Waals surface area contributed by atoms with Crippen LogP contribution in [0.5, 0.6) is 5.75 Å². The van der Waals surface area contributed by atoms with Crippen LogP contribution < -0.4 is 15.0 Å². The van der Waals surface area contributed by atoms with E-state index in [1.165, 1.54) is 11.1 Å². The van der Waals surface area contributed by atoms with Crippen LogP contribution in [0.15, 0.2) is 42.6 Å². The molecule has 2 heterocycles. The van der Waals surface area contributed by atoms with Crippen molar-refractivity contribution in [2.45, 2.75) is 33.0 Å². The molecule has 0 spiro atoms. The van der Waals surface area contributed by atoms with Gasteiger partial charge in [-0.25, -0.2) is 4.98 Å². The highest BCUT2D eigenvalue weighted by Crippen LogP contribution is 2.16. The normalized spacial score (nSPS) is 17.5. The standard InChI is InChI=1S/C20H27N3O2/c1-3-24-19-6-4-5-17(11-19)12-21-13-18-7-8-20(22-14-18)23-9-10-25-16(2)15-23/h4-8,11,14,16,21H,3,9-10,12-13,15H2,1-2H3. The monoisotopic (exact) mass is 341 g/mol. The Morgan fingerprint density at radius 1 is 1.24 bits per heavy atom. The van der Waals surface area contributed by atoms with Crippen molar-refractivity contribution in [2.75, 3.05) is 31.2 Å². The highest BCUT2D eigenvalue weighted by Gasteiger charge is 2.17. The fraction of sp³-hybridized carbons (Fsp3) is 0.450. The minimum atomic E-state index is 0.268. The van der Waals surface area contributed by atoms with Crippen molar-refractivity contribution >= 4 is 5.82 Å². The third-order valence-electron chi connectivity index (χ3n) is 4.24. The summed E-state index contributed by atoms with van der Waals surface area (Å²) in [5, 5.41) is 3.46. The van der Waals surface area contributed by atoms with Crippen LogP contribution in [0.25, 0.3) is 0 Å². The third kappa shape index (κ3) is 5.18. The molecule has 1 aliphatic rings. The van der Waals surface area contributed by atoms with Crippen molar-refractivity contribution in [3.05, 3.63) is 53.7 Å². The van der Waals surface area contributed by atoms with Crippen LogP contribution in [0.1, 0.15) is 25.0 Å². The lowest BCUT2D eigenvalue weighted by atomic mass is 10.2. The fourth-order valence-electron chi connectivity index (χ4n) is 3.00. The zero-order chi connectivity index (χ0) is 17.5. The van der Waals surface area contributed by atoms with Gasteiger partial charge in [0.1, 0.15) is 11.6 Å². The summed E-state index contributed by atoms with van der Waals surface area (Å²) in [7, 11) is 0. The zero-order valence-corrected chi connectivity index (χ0v) is 15.1. The van der Waals surface area contributed by atoms with Gasteiger partial charge in [-0.15, -0.1) is 0 Å². The fourth-order valence-corrected chi connectivity index (χ4v) is 3.00. The highest BCUT2D eigenvalue weighted by atomic mass is 16.5. The van der Waals surface area contributed by atoms with E-state index in [-0.39, 0.29) is 6.10 Å². The van der Waals surface area contributed by atoms with Gasteiger partial charge in [-0.05, 0) is 43.2 Å². The quantitative estimate of drug-likeness (QED) is 0.839. The predicted octanol–water partition coefficient (Wildman–Crippen LogP) is 3.00. The molecule has 0 bridgehead atoms. The van der Waals surface area contributed by atoms with E-state index < -0.39 is 0 Å². The van der Waals surface area contributed by atoms with Crippen LogP contribution in [-0.2, 0) is 17.8 Å². The van der Waals surface area contributed by atoms with Gasteiger partial charge >= 0.3 is 0 Å². The number of benzene rings is 1. The number of hydrogen-bond donors (Lipinski definition) is 1. The van der Waals surface area contributed by atoms with Gasteiger partial charge in [-0.2, -0.15) is 0 Å². The van der Waals surface area contributed by atoms with Gasteiger partial charge in [0.2, 0.25) is 0 Å². The lowest BCUT2D eigenvalue weighted by molar-refractivity contribution is 0.0529. The summed E-state index contributed by atoms with van der Waals surface area (Å²) in [6.45, 7) is 8.98. The van der Waals surface area contributed by atoms with Gasteiger partial charge in [0.05, 0.1) is 19.3 Å². The molecular weight excluding hydrogens is 314 g/mol. The largest absolute Gasteiger partial charge is 0.494 e. The summed E-state index contributed by atoms with van der Waals surface area (Å²) in [6, 6.07) is 12.5. The molecule has 1 aromatic carbocycles. The molecule has 1 atom stereocenters. The molecule has 1 aromatic heterocycles. The maximum Gasteiger partial charge on any atom is 0.128 e. The van der Waals surface area contributed by atoms with Crippen molar-refractivity contribution in [3.63, 3.8) is 0 Å². The van der Waals surface area contributed by atoms with Gasteiger partial charge in [-0.3, -0.25) is 0 Å². The van der Waals surface area contributed by atoms with Gasteiger partial charge in [0.25, 0.3) is 0 Å². The van der Waals surface area contributed by atoms with Crippen LogP contribution in [0, 0.1) is 0 Å². The van der Waals surface area contributed by atoms with E-state index in [1.54, 1.807) is 0 Å². The molecule has 0 amide bonds. The Morgan fingerprint density at radius 2 is 2.12 bits per heavy atom. The maximum absolute atomic E-state index is 5.58. The van der Waals surface area contributed by atoms with E-state index in [2.05, 4.69) is 46.4 Å². The Labute approximate surface area is 150 Å². The summed E-state index contributed by atoms with van der Waals surface area (Å²) < 4.78 is 11.1. The van der Waals surface area contributed by atoms with Crippen LogP contribution in [0.3, 0.4) is 0 Å². The number of ether oxygens (including phenoxy) is 2. The van der Waals surface area contributed by atoms with E-state index in [0.29, 0.717) is 6.61 Å². The van der Waals surface area contributed by atoms with E-state index >= 15 is 0 Å². The Morgan fingerprint density at radius 3 is 2.88 bits per heavy atom. The molecular formula is C20H27N3O2. The first-order chi connectivity index (χ1) is 12.2. The first-order valence-corrected chi connectivity index (χ1v) is 8.98. The van der Waals surface area contributed by atoms with Crippen molar-refractivity contribution in [1.29, 1.82) is 0 Å². The van der Waals surface area contributed by atoms with Gasteiger partial charge in [0.15, 0.2) is 0 Å². The molecule has 1 fully saturated rings. The first-order valence-electron chi connectivity index (χ1n) is 8.98. The molecule has 1 unspecified atom stereocenters. The molecule has 0 aliphatic carbocycles. The van der Waals surface area contributed by atoms with Crippen LogP contribution in [0.4, 0.5) is 5.82 Å². The van der Waals surface area contributed by atoms with Crippen molar-refractivity contribution < 1.29 is 9.47 Å². The van der Waals surface area contributed by atoms with Crippen molar-refractivity contribution in [2.24, 2.45) is 0 Å². The smallest absolute Gasteiger partial charge is 0.128 e. The lowest BCUT2D eigenvalue weighted by Crippen LogP contribution is -2.41. The number of nitrogens with one attached hydrogen (secondary N) is 1. The second kappa shape index (κ2) is 8.83. The lowest BCUT2D eigenvalue weighted by Gasteiger charge is -2.32. The predicted molar refractivity (Wildman–Crippen MR) is 100 cm³/mol. The van der Waals surface area contributed by atoms with Crippen LogP contribution >= 0.6 is 0 Å². The summed E-state index contributed by atoms with van der Waals surface area (Å²) >= 11 is 0. The average Bonchev–Trinajstić information content (AvgIpc) is 2.63. The Balaban J connectivity index is 1.49. The SMILES string of the molecule is CCOc1cccc(CNCc2ccc(N3CCOC(C)C3)nc2)c1. The second-order valence-electron chi connectivity index (χ2n) is 6.34. The van der Waals surface area contributed by atoms with Gasteiger partial charge in [-0.1, -0.05) is 18.2 Å². The zero-order valence-electron chi connectivity index (χ0n) is 15.1. The van der Waals surface area contributed by atoms with Crippen LogP contribution in [0.2, 0.25) is 0 Å². The summed E-state index contributed by atoms with van der Waals surface area (Å²) in [5.41, 5.74) is 2.41. The third-order valence-corrected chi connectivity index (χ3v) is 4.24. The summed E-state index contributed by atoms with van der Waals surface area (Å²) in [4.78, 5) is 6.89. The summed E-state index contributed by atoms with van der Waals surface area (Å²) in [5.74, 6) is 1.95. The minimum absolute atomic E-state index is 0.268. The van der Waals surface area contributed by atoms with E-state index in [0.717, 1.165) is 44.4 Å². The molecule has 1 N–H and O–H groups in total. The second-order valence-corrected chi connectivity index (χ2v) is 6.34. The molecule has 1 saturated heterocycles. The number of pyridine rings is 1. The minimum Gasteiger partial charge on any atom is -0.494 e. The summed E-state index contributed by atoms with van der Waals surface area (Å²) in [6.07, 6.45) is 2.23. The topological polar surface area (TPSA) is 46.6 Å². The number of anilines is 1. The Hall–Kier alpha value is -2.11. The Bertz CT molecular complexity index is 660. The van der Waals surface area contributed by atoms with Gasteiger partial charge < -0.3 is 19.7 Å². The van der Waals surface area contributed by atoms with E-state index in [9.17, 15) is 0 Å².